The third-order valence-corrected chi connectivity index (χ3v) is 3.36. The maximum atomic E-state index is 11.7. The van der Waals surface area contributed by atoms with Gasteiger partial charge in [-0.25, -0.2) is 0 Å². The summed E-state index contributed by atoms with van der Waals surface area (Å²) >= 11 is 0. The molecule has 0 saturated heterocycles. The Morgan fingerprint density at radius 3 is 2.70 bits per heavy atom. The summed E-state index contributed by atoms with van der Waals surface area (Å²) in [5, 5.41) is 11.5. The number of carbonyl (C=O) groups is 1. The van der Waals surface area contributed by atoms with Gasteiger partial charge in [-0.1, -0.05) is 12.8 Å². The highest BCUT2D eigenvalue weighted by Crippen LogP contribution is 2.32. The van der Waals surface area contributed by atoms with Gasteiger partial charge in [0.2, 0.25) is 5.91 Å². The van der Waals surface area contributed by atoms with Gasteiger partial charge in [-0.2, -0.15) is 5.26 Å². The molecule has 106 valence electrons. The fourth-order valence-corrected chi connectivity index (χ4v) is 1.94. The molecule has 0 heterocycles. The van der Waals surface area contributed by atoms with Crippen molar-refractivity contribution in [3.05, 3.63) is 29.8 Å². The third-order valence-electron chi connectivity index (χ3n) is 3.36. The van der Waals surface area contributed by atoms with E-state index >= 15 is 0 Å². The molecule has 1 amide bonds. The minimum Gasteiger partial charge on any atom is -0.381 e. The molecule has 0 unspecified atom stereocenters. The van der Waals surface area contributed by atoms with E-state index in [-0.39, 0.29) is 5.91 Å². The maximum Gasteiger partial charge on any atom is 0.224 e. The molecule has 0 bridgehead atoms. The van der Waals surface area contributed by atoms with Crippen LogP contribution in [-0.2, 0) is 9.53 Å². The first-order valence-electron chi connectivity index (χ1n) is 7.15. The minimum atomic E-state index is -0.0134. The Hall–Kier alpha value is -1.86. The molecule has 1 aliphatic carbocycles. The van der Waals surface area contributed by atoms with Gasteiger partial charge in [0.1, 0.15) is 0 Å². The first-order valence-corrected chi connectivity index (χ1v) is 7.15. The van der Waals surface area contributed by atoms with Crippen molar-refractivity contribution in [2.24, 2.45) is 5.92 Å². The Labute approximate surface area is 119 Å². The van der Waals surface area contributed by atoms with Gasteiger partial charge in [0.15, 0.2) is 0 Å². The van der Waals surface area contributed by atoms with Gasteiger partial charge in [0.05, 0.1) is 11.6 Å². The Balaban J connectivity index is 1.55. The number of nitriles is 1. The fraction of sp³-hybridized carbons (Fsp3) is 0.500. The molecular formula is C16H20N2O2. The van der Waals surface area contributed by atoms with Crippen LogP contribution >= 0.6 is 0 Å². The number of carbonyl (C=O) groups excluding carboxylic acids is 1. The first kappa shape index (κ1) is 14.5. The van der Waals surface area contributed by atoms with E-state index in [0.29, 0.717) is 18.6 Å². The van der Waals surface area contributed by atoms with Crippen LogP contribution in [0, 0.1) is 17.2 Å². The van der Waals surface area contributed by atoms with Gasteiger partial charge < -0.3 is 10.1 Å². The van der Waals surface area contributed by atoms with Crippen molar-refractivity contribution >= 4 is 11.6 Å². The van der Waals surface area contributed by atoms with Gasteiger partial charge in [-0.05, 0) is 43.0 Å². The van der Waals surface area contributed by atoms with Crippen LogP contribution in [0.4, 0.5) is 5.69 Å². The summed E-state index contributed by atoms with van der Waals surface area (Å²) < 4.78 is 5.50. The highest BCUT2D eigenvalue weighted by Gasteiger charge is 2.20. The second kappa shape index (κ2) is 7.66. The molecule has 1 aliphatic rings. The van der Waals surface area contributed by atoms with Crippen molar-refractivity contribution in [2.75, 3.05) is 18.5 Å². The fourth-order valence-electron chi connectivity index (χ4n) is 1.94. The van der Waals surface area contributed by atoms with Crippen molar-refractivity contribution in [1.29, 1.82) is 5.26 Å². The first-order chi connectivity index (χ1) is 9.78. The van der Waals surface area contributed by atoms with E-state index in [1.807, 2.05) is 6.07 Å². The van der Waals surface area contributed by atoms with Crippen LogP contribution in [0.5, 0.6) is 0 Å². The molecule has 1 aromatic rings. The number of hydrogen-bond acceptors (Lipinski definition) is 3. The lowest BCUT2D eigenvalue weighted by Gasteiger charge is -2.06. The summed E-state index contributed by atoms with van der Waals surface area (Å²) in [5.41, 5.74) is 1.32. The zero-order chi connectivity index (χ0) is 14.2. The van der Waals surface area contributed by atoms with E-state index in [9.17, 15) is 4.79 Å². The predicted octanol–water partition coefficient (Wildman–Crippen LogP) is 3.09. The largest absolute Gasteiger partial charge is 0.381 e. The molecule has 2 rings (SSSR count). The Morgan fingerprint density at radius 1 is 1.30 bits per heavy atom. The van der Waals surface area contributed by atoms with Crippen LogP contribution in [0.25, 0.3) is 0 Å². The summed E-state index contributed by atoms with van der Waals surface area (Å²) in [6, 6.07) is 8.90. The van der Waals surface area contributed by atoms with E-state index < -0.39 is 0 Å². The third kappa shape index (κ3) is 5.41. The van der Waals surface area contributed by atoms with Crippen LogP contribution in [0.3, 0.4) is 0 Å². The van der Waals surface area contributed by atoms with Crippen LogP contribution in [0.15, 0.2) is 24.3 Å². The number of rotatable bonds is 8. The van der Waals surface area contributed by atoms with Gasteiger partial charge in [0, 0.05) is 25.3 Å². The van der Waals surface area contributed by atoms with Gasteiger partial charge in [-0.3, -0.25) is 4.79 Å². The summed E-state index contributed by atoms with van der Waals surface area (Å²) in [5.74, 6) is 0.884. The molecule has 1 N–H and O–H groups in total. The van der Waals surface area contributed by atoms with Gasteiger partial charge in [-0.15, -0.1) is 0 Å². The van der Waals surface area contributed by atoms with E-state index in [1.165, 1.54) is 12.8 Å². The molecule has 0 spiro atoms. The summed E-state index contributed by atoms with van der Waals surface area (Å²) in [4.78, 5) is 11.7. The number of benzene rings is 1. The molecule has 0 radical (unpaired) electrons. The van der Waals surface area contributed by atoms with E-state index in [0.717, 1.165) is 31.1 Å². The van der Waals surface area contributed by atoms with Crippen molar-refractivity contribution in [3.8, 4) is 6.07 Å². The number of amides is 1. The second-order valence-corrected chi connectivity index (χ2v) is 5.19. The highest BCUT2D eigenvalue weighted by atomic mass is 16.5. The standard InChI is InChI=1S/C16H20N2O2/c17-12-14-5-7-15(8-6-14)18-16(19)2-1-10-20-11-9-13-3-4-13/h5-8,13H,1-4,9-11H2,(H,18,19). The molecule has 1 saturated carbocycles. The topological polar surface area (TPSA) is 62.1 Å². The summed E-state index contributed by atoms with van der Waals surface area (Å²) in [7, 11) is 0. The van der Waals surface area contributed by atoms with Crippen molar-refractivity contribution in [1.82, 2.24) is 0 Å². The Bertz CT molecular complexity index is 472. The maximum absolute atomic E-state index is 11.7. The lowest BCUT2D eigenvalue weighted by atomic mass is 10.2. The van der Waals surface area contributed by atoms with Gasteiger partial charge >= 0.3 is 0 Å². The Kier molecular flexibility index (Phi) is 5.57. The molecular weight excluding hydrogens is 252 g/mol. The number of hydrogen-bond donors (Lipinski definition) is 1. The number of nitrogens with zero attached hydrogens (tertiary/aromatic N) is 1. The van der Waals surface area contributed by atoms with Crippen LogP contribution in [0.1, 0.15) is 37.7 Å². The predicted molar refractivity (Wildman–Crippen MR) is 77.2 cm³/mol. The highest BCUT2D eigenvalue weighted by molar-refractivity contribution is 5.90. The average molecular weight is 272 g/mol. The summed E-state index contributed by atoms with van der Waals surface area (Å²) in [6.45, 7) is 1.47. The molecule has 0 aromatic heterocycles. The van der Waals surface area contributed by atoms with Crippen molar-refractivity contribution in [2.45, 2.75) is 32.1 Å². The number of ether oxygens (including phenoxy) is 1. The lowest BCUT2D eigenvalue weighted by Crippen LogP contribution is -2.12. The Morgan fingerprint density at radius 2 is 2.05 bits per heavy atom. The smallest absolute Gasteiger partial charge is 0.224 e. The molecule has 1 fully saturated rings. The SMILES string of the molecule is N#Cc1ccc(NC(=O)CCCOCCC2CC2)cc1. The average Bonchev–Trinajstić information content (AvgIpc) is 3.27. The van der Waals surface area contributed by atoms with Crippen molar-refractivity contribution < 1.29 is 9.53 Å². The zero-order valence-electron chi connectivity index (χ0n) is 11.6. The monoisotopic (exact) mass is 272 g/mol. The van der Waals surface area contributed by atoms with Crippen molar-refractivity contribution in [3.63, 3.8) is 0 Å². The van der Waals surface area contributed by atoms with E-state index in [2.05, 4.69) is 5.32 Å². The lowest BCUT2D eigenvalue weighted by molar-refractivity contribution is -0.116. The molecule has 4 heteroatoms. The van der Waals surface area contributed by atoms with Crippen LogP contribution in [-0.4, -0.2) is 19.1 Å². The van der Waals surface area contributed by atoms with Crippen LogP contribution < -0.4 is 5.32 Å². The van der Waals surface area contributed by atoms with Gasteiger partial charge in [0.25, 0.3) is 0 Å². The minimum absolute atomic E-state index is 0.0134. The molecule has 0 aliphatic heterocycles. The zero-order valence-corrected chi connectivity index (χ0v) is 11.6. The molecule has 0 atom stereocenters. The van der Waals surface area contributed by atoms with Crippen LogP contribution in [0.2, 0.25) is 0 Å². The molecule has 1 aromatic carbocycles. The molecule has 20 heavy (non-hydrogen) atoms. The quantitative estimate of drug-likeness (QED) is 0.740. The molecule has 4 nitrogen and oxygen atoms in total. The van der Waals surface area contributed by atoms with E-state index in [4.69, 9.17) is 10.00 Å². The number of nitrogens with one attached hydrogen (secondary N) is 1. The van der Waals surface area contributed by atoms with E-state index in [1.54, 1.807) is 24.3 Å². The summed E-state index contributed by atoms with van der Waals surface area (Å²) in [6.07, 6.45) is 5.08. The second-order valence-electron chi connectivity index (χ2n) is 5.19. The normalized spacial score (nSPS) is 13.8. The number of anilines is 1.